The second kappa shape index (κ2) is 11.4. The van der Waals surface area contributed by atoms with Crippen LogP contribution in [0.25, 0.3) is 10.9 Å². The summed E-state index contributed by atoms with van der Waals surface area (Å²) < 4.78 is 17.5. The number of pyridine rings is 1. The third-order valence-corrected chi connectivity index (χ3v) is 6.92. The molecular weight excluding hydrogens is 524 g/mol. The Kier molecular flexibility index (Phi) is 7.80. The van der Waals surface area contributed by atoms with E-state index in [-0.39, 0.29) is 44.0 Å². The molecule has 5 rings (SSSR count). The zero-order valence-corrected chi connectivity index (χ0v) is 22.6. The van der Waals surface area contributed by atoms with E-state index < -0.39 is 5.97 Å². The molecule has 0 aliphatic carbocycles. The maximum Gasteiger partial charge on any atom is 0.327 e. The number of nitrogens with zero attached hydrogens (tertiary/aromatic N) is 5. The largest absolute Gasteiger partial charge is 0.465 e. The van der Waals surface area contributed by atoms with Crippen LogP contribution in [0.2, 0.25) is 5.02 Å². The van der Waals surface area contributed by atoms with Crippen LogP contribution in [0, 0.1) is 5.92 Å². The van der Waals surface area contributed by atoms with Crippen LogP contribution in [0.3, 0.4) is 0 Å². The first-order chi connectivity index (χ1) is 18.8. The van der Waals surface area contributed by atoms with E-state index in [0.717, 1.165) is 10.9 Å². The lowest BCUT2D eigenvalue weighted by atomic mass is 9.99. The summed E-state index contributed by atoms with van der Waals surface area (Å²) >= 11 is 6.55. The van der Waals surface area contributed by atoms with Gasteiger partial charge in [-0.2, -0.15) is 0 Å². The first-order valence-electron chi connectivity index (χ1n) is 12.7. The van der Waals surface area contributed by atoms with Crippen molar-refractivity contribution in [3.63, 3.8) is 0 Å². The maximum atomic E-state index is 13.3. The van der Waals surface area contributed by atoms with Gasteiger partial charge in [0.15, 0.2) is 17.3 Å². The Hall–Kier alpha value is -3.96. The molecule has 0 saturated carbocycles. The number of tetrazole rings is 1. The number of carbonyl (C=O) groups is 1. The molecule has 0 unspecified atom stereocenters. The highest BCUT2D eigenvalue weighted by Crippen LogP contribution is 2.36. The highest BCUT2D eigenvalue weighted by atomic mass is 35.5. The van der Waals surface area contributed by atoms with Gasteiger partial charge in [0.05, 0.1) is 18.2 Å². The molecule has 0 saturated heterocycles. The number of rotatable bonds is 10. The van der Waals surface area contributed by atoms with Crippen LogP contribution in [0.1, 0.15) is 43.8 Å². The van der Waals surface area contributed by atoms with Gasteiger partial charge in [-0.3, -0.25) is 14.5 Å². The Balaban J connectivity index is 1.55. The van der Waals surface area contributed by atoms with Crippen LogP contribution in [0.15, 0.2) is 47.3 Å². The summed E-state index contributed by atoms with van der Waals surface area (Å²) in [5.41, 5.74) is 1.86. The first-order valence-corrected chi connectivity index (χ1v) is 13.1. The van der Waals surface area contributed by atoms with Crippen LogP contribution < -0.4 is 15.0 Å². The van der Waals surface area contributed by atoms with Gasteiger partial charge in [0.1, 0.15) is 6.54 Å². The molecule has 1 atom stereocenters. The summed E-state index contributed by atoms with van der Waals surface area (Å²) in [4.78, 5) is 30.6. The minimum absolute atomic E-state index is 0.00721. The number of nitrogens with one attached hydrogen (secondary N) is 1. The topological polar surface area (TPSA) is 124 Å². The van der Waals surface area contributed by atoms with E-state index in [1.807, 2.05) is 50.2 Å². The predicted octanol–water partition coefficient (Wildman–Crippen LogP) is 3.86. The van der Waals surface area contributed by atoms with Gasteiger partial charge in [0.25, 0.3) is 5.56 Å². The Labute approximate surface area is 229 Å². The average Bonchev–Trinajstić information content (AvgIpc) is 3.53. The third-order valence-electron chi connectivity index (χ3n) is 6.55. The molecule has 1 aliphatic heterocycles. The Bertz CT molecular complexity index is 1550. The fourth-order valence-corrected chi connectivity index (χ4v) is 5.02. The van der Waals surface area contributed by atoms with Crippen LogP contribution in [0.5, 0.6) is 11.5 Å². The monoisotopic (exact) mass is 552 g/mol. The lowest BCUT2D eigenvalue weighted by molar-refractivity contribution is -0.144. The van der Waals surface area contributed by atoms with Crippen LogP contribution in [-0.2, 0) is 29.2 Å². The number of ether oxygens (including phenoxy) is 3. The second-order valence-electron chi connectivity index (χ2n) is 9.60. The van der Waals surface area contributed by atoms with Gasteiger partial charge in [-0.15, -0.1) is 5.10 Å². The van der Waals surface area contributed by atoms with E-state index in [1.54, 1.807) is 13.0 Å². The van der Waals surface area contributed by atoms with E-state index in [9.17, 15) is 9.59 Å². The average molecular weight is 553 g/mol. The molecule has 204 valence electrons. The van der Waals surface area contributed by atoms with Crippen molar-refractivity contribution in [2.75, 3.05) is 13.4 Å². The molecule has 0 amide bonds. The molecule has 11 nitrogen and oxygen atoms in total. The zero-order chi connectivity index (χ0) is 27.5. The number of halogens is 1. The van der Waals surface area contributed by atoms with Crippen molar-refractivity contribution < 1.29 is 19.0 Å². The van der Waals surface area contributed by atoms with Gasteiger partial charge >= 0.3 is 5.97 Å². The molecule has 0 radical (unpaired) electrons. The summed E-state index contributed by atoms with van der Waals surface area (Å²) in [6, 6.07) is 12.7. The SMILES string of the molecule is CCOC(=O)Cn1nnnc1[C@H](C(C)C)N(Cc1ccccc1Cl)Cc1cc2cc3c(cc2[nH]c1=O)OCO3. The second-order valence-corrected chi connectivity index (χ2v) is 10.0. The molecule has 2 aromatic heterocycles. The normalized spacial score (nSPS) is 13.4. The molecule has 39 heavy (non-hydrogen) atoms. The quantitative estimate of drug-likeness (QED) is 0.292. The van der Waals surface area contributed by atoms with Crippen molar-refractivity contribution >= 4 is 28.5 Å². The number of esters is 1. The number of carbonyl (C=O) groups excluding carboxylic acids is 1. The van der Waals surface area contributed by atoms with Crippen molar-refractivity contribution in [2.45, 2.75) is 46.4 Å². The third kappa shape index (κ3) is 5.74. The summed E-state index contributed by atoms with van der Waals surface area (Å²) in [7, 11) is 0. The van der Waals surface area contributed by atoms with Gasteiger partial charge in [-0.25, -0.2) is 4.68 Å². The molecule has 1 aliphatic rings. The smallest absolute Gasteiger partial charge is 0.327 e. The highest BCUT2D eigenvalue weighted by Gasteiger charge is 2.31. The predicted molar refractivity (Wildman–Crippen MR) is 143 cm³/mol. The highest BCUT2D eigenvalue weighted by molar-refractivity contribution is 6.31. The maximum absolute atomic E-state index is 13.3. The molecule has 4 aromatic rings. The lowest BCUT2D eigenvalue weighted by Gasteiger charge is -2.33. The van der Waals surface area contributed by atoms with E-state index in [0.29, 0.717) is 40.0 Å². The first kappa shape index (κ1) is 26.6. The summed E-state index contributed by atoms with van der Waals surface area (Å²) in [5, 5.41) is 13.6. The Morgan fingerprint density at radius 1 is 1.15 bits per heavy atom. The molecule has 3 heterocycles. The van der Waals surface area contributed by atoms with Gasteiger partial charge in [0.2, 0.25) is 6.79 Å². The minimum atomic E-state index is -0.434. The molecule has 2 aromatic carbocycles. The van der Waals surface area contributed by atoms with Crippen molar-refractivity contribution in [2.24, 2.45) is 5.92 Å². The number of aromatic nitrogens is 5. The number of hydrogen-bond acceptors (Lipinski definition) is 9. The Morgan fingerprint density at radius 2 is 1.90 bits per heavy atom. The van der Waals surface area contributed by atoms with Crippen LogP contribution in [0.4, 0.5) is 0 Å². The van der Waals surface area contributed by atoms with E-state index in [2.05, 4.69) is 25.4 Å². The molecule has 0 bridgehead atoms. The van der Waals surface area contributed by atoms with E-state index in [1.165, 1.54) is 4.68 Å². The molecule has 0 spiro atoms. The fraction of sp³-hybridized carbons (Fsp3) is 0.370. The van der Waals surface area contributed by atoms with Crippen molar-refractivity contribution in [3.05, 3.63) is 74.8 Å². The lowest BCUT2D eigenvalue weighted by Crippen LogP contribution is -2.35. The summed E-state index contributed by atoms with van der Waals surface area (Å²) in [6.45, 7) is 6.78. The number of fused-ring (bicyclic) bond motifs is 2. The van der Waals surface area contributed by atoms with Crippen LogP contribution in [-0.4, -0.2) is 49.5 Å². The number of hydrogen-bond donors (Lipinski definition) is 1. The minimum Gasteiger partial charge on any atom is -0.465 e. The molecule has 1 N–H and O–H groups in total. The number of benzene rings is 2. The van der Waals surface area contributed by atoms with Gasteiger partial charge in [-0.05, 0) is 47.0 Å². The Morgan fingerprint density at radius 3 is 2.64 bits per heavy atom. The van der Waals surface area contributed by atoms with E-state index in [4.69, 9.17) is 25.8 Å². The molecular formula is C27H29ClN6O5. The summed E-state index contributed by atoms with van der Waals surface area (Å²) in [5.74, 6) is 1.29. The fourth-order valence-electron chi connectivity index (χ4n) is 4.82. The van der Waals surface area contributed by atoms with E-state index >= 15 is 0 Å². The summed E-state index contributed by atoms with van der Waals surface area (Å²) in [6.07, 6.45) is 0. The molecule has 12 heteroatoms. The zero-order valence-electron chi connectivity index (χ0n) is 21.9. The number of aromatic amines is 1. The van der Waals surface area contributed by atoms with Crippen LogP contribution >= 0.6 is 11.6 Å². The van der Waals surface area contributed by atoms with Gasteiger partial charge in [-0.1, -0.05) is 43.6 Å². The van der Waals surface area contributed by atoms with Crippen molar-refractivity contribution in [3.8, 4) is 11.5 Å². The standard InChI is InChI=1S/C27H29ClN6O5/c1-4-37-24(35)14-34-26(30-31-32-34)25(16(2)3)33(12-17-7-5-6-8-20(17)28)13-19-9-18-10-22-23(39-15-38-22)11-21(18)29-27(19)36/h5-11,16,25H,4,12-15H2,1-3H3,(H,29,36)/t25-/m0/s1. The van der Waals surface area contributed by atoms with Gasteiger partial charge < -0.3 is 19.2 Å². The molecule has 0 fully saturated rings. The number of H-pyrrole nitrogens is 1. The van der Waals surface area contributed by atoms with Crippen molar-refractivity contribution in [1.82, 2.24) is 30.1 Å². The van der Waals surface area contributed by atoms with Crippen molar-refractivity contribution in [1.29, 1.82) is 0 Å². The van der Waals surface area contributed by atoms with Gasteiger partial charge in [0, 0.05) is 35.1 Å².